The number of piperidine rings is 2. The standard InChI is InChI=1S/C62H67ClF4N8O8S3/c1-61(2)22-20-51(39-8-12-44(63)13-9-39)43(32-61)34-71-24-26-73(27-25-71)46-14-10-40(11-15-46)58(77)70-86(82,83)50-16-17-54(56(30-50)85(80,81)62(65,66)67)68-45(38-84-49-6-4-3-5-7-49)21-23-74-47-29-48(74)37-72(36-47)33-42-28-41-35-75(60(79)52(41)31-53(42)64)55-18-19-57(76)69-59(55)78/h3-17,28,30-31,45,47-48,55,68H,18-27,29,32-38H2,1-2H3,(H,70,77)(H,69,76,78)/t45-,47?,48?,55?/m1/s1. The molecule has 3 N–H and O–H groups in total. The normalized spacial score (nSPS) is 21.7. The average Bonchev–Trinajstić information content (AvgIpc) is 3.96. The zero-order valence-electron chi connectivity index (χ0n) is 47.5. The molecule has 0 aromatic heterocycles. The molecular weight excluding hydrogens is 1190 g/mol. The van der Waals surface area contributed by atoms with Gasteiger partial charge >= 0.3 is 5.51 Å². The number of benzene rings is 5. The molecule has 12 rings (SSSR count). The summed E-state index contributed by atoms with van der Waals surface area (Å²) in [4.78, 5) is 60.2. The molecule has 6 aliphatic heterocycles. The molecule has 5 aromatic carbocycles. The fourth-order valence-corrected chi connectivity index (χ4v) is 16.0. The van der Waals surface area contributed by atoms with Gasteiger partial charge in [-0.3, -0.25) is 39.2 Å². The van der Waals surface area contributed by atoms with Crippen LogP contribution in [0.4, 0.5) is 28.9 Å². The van der Waals surface area contributed by atoms with Crippen molar-refractivity contribution in [3.05, 3.63) is 153 Å². The van der Waals surface area contributed by atoms with Crippen molar-refractivity contribution in [3.63, 3.8) is 0 Å². The third-order valence-corrected chi connectivity index (χ3v) is 21.8. The minimum Gasteiger partial charge on any atom is -0.380 e. The molecule has 5 fully saturated rings. The number of rotatable bonds is 19. The van der Waals surface area contributed by atoms with Gasteiger partial charge in [-0.2, -0.15) is 13.2 Å². The number of hydrogen-bond acceptors (Lipinski definition) is 14. The van der Waals surface area contributed by atoms with E-state index in [0.29, 0.717) is 61.4 Å². The number of sulfonamides is 1. The fourth-order valence-electron chi connectivity index (χ4n) is 12.9. The third-order valence-electron chi connectivity index (χ3n) is 17.5. The quantitative estimate of drug-likeness (QED) is 0.0403. The maximum absolute atomic E-state index is 15.7. The van der Waals surface area contributed by atoms with Crippen molar-refractivity contribution in [1.29, 1.82) is 0 Å². The van der Waals surface area contributed by atoms with E-state index in [1.165, 1.54) is 51.6 Å². The maximum Gasteiger partial charge on any atom is 0.501 e. The van der Waals surface area contributed by atoms with Gasteiger partial charge in [0.05, 0.1) is 10.6 Å². The molecule has 0 radical (unpaired) electrons. The number of nitrogens with zero attached hydrogens (tertiary/aromatic N) is 5. The van der Waals surface area contributed by atoms with Gasteiger partial charge in [-0.25, -0.2) is 25.9 Å². The molecule has 3 unspecified atom stereocenters. The first-order chi connectivity index (χ1) is 40.9. The van der Waals surface area contributed by atoms with E-state index in [0.717, 1.165) is 68.0 Å². The van der Waals surface area contributed by atoms with E-state index in [1.807, 2.05) is 47.2 Å². The van der Waals surface area contributed by atoms with Gasteiger partial charge in [0.1, 0.15) is 16.8 Å². The highest BCUT2D eigenvalue weighted by Gasteiger charge is 2.49. The van der Waals surface area contributed by atoms with E-state index in [-0.39, 0.29) is 60.3 Å². The van der Waals surface area contributed by atoms with Gasteiger partial charge in [0, 0.05) is 128 Å². The lowest BCUT2D eigenvalue weighted by Gasteiger charge is -2.57. The Morgan fingerprint density at radius 3 is 2.24 bits per heavy atom. The number of carbonyl (C=O) groups is 4. The molecule has 4 atom stereocenters. The molecule has 7 aliphatic rings. The summed E-state index contributed by atoms with van der Waals surface area (Å²) in [5, 5.41) is 6.01. The van der Waals surface area contributed by atoms with E-state index >= 15 is 4.39 Å². The number of carbonyl (C=O) groups excluding carboxylic acids is 4. The largest absolute Gasteiger partial charge is 0.501 e. The molecule has 5 saturated heterocycles. The molecule has 456 valence electrons. The Kier molecular flexibility index (Phi) is 17.6. The minimum absolute atomic E-state index is 0.0370. The van der Waals surface area contributed by atoms with Crippen LogP contribution in [0, 0.1) is 11.2 Å². The van der Waals surface area contributed by atoms with Crippen LogP contribution in [0.5, 0.6) is 0 Å². The lowest BCUT2D eigenvalue weighted by atomic mass is 9.73. The van der Waals surface area contributed by atoms with Crippen molar-refractivity contribution >= 4 is 83.8 Å². The van der Waals surface area contributed by atoms with E-state index in [2.05, 4.69) is 56.2 Å². The predicted octanol–water partition coefficient (Wildman–Crippen LogP) is 9.36. The van der Waals surface area contributed by atoms with E-state index in [9.17, 15) is 49.2 Å². The van der Waals surface area contributed by atoms with Crippen molar-refractivity contribution in [2.24, 2.45) is 5.41 Å². The SMILES string of the molecule is CC1(C)CCC(c2ccc(Cl)cc2)=C(CN2CCN(c3ccc(C(=O)NS(=O)(=O)c4ccc(N[C@H](CCN5C6CC5CN(Cc5cc7c(cc5F)C(=O)N(C5CCC(=O)NC5=O)C7)C6)CSc5ccccc5)c(S(=O)(=O)C(F)(F)F)c4)cc3)CC2)C1. The number of amides is 4. The number of anilines is 2. The fraction of sp³-hybridized carbons (Fsp3) is 0.419. The van der Waals surface area contributed by atoms with Gasteiger partial charge in [-0.15, -0.1) is 11.8 Å². The molecule has 1 aliphatic carbocycles. The Hall–Kier alpha value is -6.34. The predicted molar refractivity (Wildman–Crippen MR) is 321 cm³/mol. The highest BCUT2D eigenvalue weighted by Crippen LogP contribution is 2.44. The van der Waals surface area contributed by atoms with Crippen LogP contribution in [-0.2, 0) is 42.5 Å². The Labute approximate surface area is 507 Å². The van der Waals surface area contributed by atoms with Gasteiger partial charge in [-0.05, 0) is 140 Å². The minimum atomic E-state index is -6.17. The topological polar surface area (TPSA) is 189 Å². The maximum atomic E-state index is 15.7. The number of imide groups is 1. The van der Waals surface area contributed by atoms with Crippen molar-refractivity contribution in [2.75, 3.05) is 68.3 Å². The first-order valence-corrected chi connectivity index (χ1v) is 33.2. The summed E-state index contributed by atoms with van der Waals surface area (Å²) >= 11 is 7.62. The second-order valence-corrected chi connectivity index (χ2v) is 29.1. The number of allylic oxidation sites excluding steroid dienone is 1. The highest BCUT2D eigenvalue weighted by molar-refractivity contribution is 7.99. The third kappa shape index (κ3) is 13.4. The number of alkyl halides is 3. The van der Waals surface area contributed by atoms with Crippen LogP contribution in [0.15, 0.2) is 129 Å². The van der Waals surface area contributed by atoms with Crippen molar-refractivity contribution in [1.82, 2.24) is 29.6 Å². The Morgan fingerprint density at radius 1 is 0.849 bits per heavy atom. The summed E-state index contributed by atoms with van der Waals surface area (Å²) in [7, 11) is -11.1. The highest BCUT2D eigenvalue weighted by atomic mass is 35.5. The molecule has 5 aromatic rings. The van der Waals surface area contributed by atoms with Crippen LogP contribution in [0.3, 0.4) is 0 Å². The van der Waals surface area contributed by atoms with Crippen LogP contribution in [-0.4, -0.2) is 148 Å². The van der Waals surface area contributed by atoms with Crippen molar-refractivity contribution in [3.8, 4) is 0 Å². The first-order valence-electron chi connectivity index (χ1n) is 28.8. The molecule has 86 heavy (non-hydrogen) atoms. The molecule has 4 amide bonds. The summed E-state index contributed by atoms with van der Waals surface area (Å²) in [5.41, 5.74) is -0.130. The molecule has 0 saturated carbocycles. The second kappa shape index (κ2) is 24.7. The molecule has 0 spiro atoms. The summed E-state index contributed by atoms with van der Waals surface area (Å²) < 4.78 is 116. The van der Waals surface area contributed by atoms with Crippen LogP contribution < -0.4 is 20.3 Å². The zero-order valence-corrected chi connectivity index (χ0v) is 50.8. The number of piperazine rings is 2. The molecule has 2 bridgehead atoms. The number of hydrogen-bond donors (Lipinski definition) is 3. The number of sulfone groups is 1. The zero-order chi connectivity index (χ0) is 60.9. The van der Waals surface area contributed by atoms with Crippen LogP contribution in [0.1, 0.15) is 96.2 Å². The molecular formula is C62H67ClF4N8O8S3. The molecule has 24 heteroatoms. The number of nitrogens with one attached hydrogen (secondary N) is 3. The lowest BCUT2D eigenvalue weighted by molar-refractivity contribution is -0.136. The van der Waals surface area contributed by atoms with Crippen LogP contribution in [0.2, 0.25) is 5.02 Å². The van der Waals surface area contributed by atoms with Gasteiger partial charge in [0.25, 0.3) is 31.7 Å². The summed E-state index contributed by atoms with van der Waals surface area (Å²) in [6, 6.07) is 27.5. The Morgan fingerprint density at radius 2 is 1.56 bits per heavy atom. The number of fused-ring (bicyclic) bond motifs is 3. The van der Waals surface area contributed by atoms with Gasteiger partial charge in [0.15, 0.2) is 0 Å². The summed E-state index contributed by atoms with van der Waals surface area (Å²) in [5.74, 6) is -2.76. The number of thioether (sulfide) groups is 1. The first kappa shape index (κ1) is 61.3. The lowest BCUT2D eigenvalue weighted by Crippen LogP contribution is -2.68. The van der Waals surface area contributed by atoms with Gasteiger partial charge < -0.3 is 15.1 Å². The van der Waals surface area contributed by atoms with Crippen LogP contribution >= 0.6 is 23.4 Å². The van der Waals surface area contributed by atoms with Crippen molar-refractivity contribution in [2.45, 2.75) is 116 Å². The average molecular weight is 1260 g/mol. The number of halogens is 5. The van der Waals surface area contributed by atoms with E-state index in [1.54, 1.807) is 18.2 Å². The Balaban J connectivity index is 0.730. The van der Waals surface area contributed by atoms with E-state index in [4.69, 9.17) is 11.6 Å². The van der Waals surface area contributed by atoms with E-state index < -0.39 is 82.4 Å². The van der Waals surface area contributed by atoms with Gasteiger partial charge in [0.2, 0.25) is 11.8 Å². The van der Waals surface area contributed by atoms with Crippen molar-refractivity contribution < 1.29 is 53.6 Å². The summed E-state index contributed by atoms with van der Waals surface area (Å²) in [6.45, 7) is 10.4. The van der Waals surface area contributed by atoms with Crippen LogP contribution in [0.25, 0.3) is 5.57 Å². The second-order valence-electron chi connectivity index (χ2n) is 24.0. The smallest absolute Gasteiger partial charge is 0.380 e. The monoisotopic (exact) mass is 1260 g/mol. The molecule has 6 heterocycles. The molecule has 16 nitrogen and oxygen atoms in total. The van der Waals surface area contributed by atoms with Gasteiger partial charge in [-0.1, -0.05) is 61.4 Å². The summed E-state index contributed by atoms with van der Waals surface area (Å²) in [6.07, 6.45) is 4.56. The Bertz CT molecular complexity index is 3690.